The number of hydrogen-bond donors (Lipinski definition) is 2. The van der Waals surface area contributed by atoms with Crippen LogP contribution in [-0.4, -0.2) is 70.2 Å². The molecule has 8 heteroatoms. The van der Waals surface area contributed by atoms with Crippen LogP contribution in [0.3, 0.4) is 0 Å². The van der Waals surface area contributed by atoms with Gasteiger partial charge in [0, 0.05) is 38.5 Å². The van der Waals surface area contributed by atoms with Gasteiger partial charge in [0.1, 0.15) is 9.84 Å². The zero-order valence-corrected chi connectivity index (χ0v) is 18.1. The Hall–Kier alpha value is -1.64. The Labute approximate surface area is 169 Å². The van der Waals surface area contributed by atoms with Crippen molar-refractivity contribution in [3.05, 3.63) is 35.4 Å². The summed E-state index contributed by atoms with van der Waals surface area (Å²) in [5, 5.41) is 6.50. The van der Waals surface area contributed by atoms with Gasteiger partial charge in [0.25, 0.3) is 0 Å². The summed E-state index contributed by atoms with van der Waals surface area (Å²) in [5.41, 5.74) is 2.45. The molecular formula is C20H34N4O3S. The van der Waals surface area contributed by atoms with Crippen molar-refractivity contribution in [3.8, 4) is 0 Å². The molecule has 1 aromatic carbocycles. The second-order valence-electron chi connectivity index (χ2n) is 7.36. The van der Waals surface area contributed by atoms with Crippen molar-refractivity contribution in [2.45, 2.75) is 39.4 Å². The standard InChI is InChI=1S/C20H34N4O3S/c1-4-21-20(23-17(2)9-14-28(3,25)26)22-15-18-5-7-19(8-6-18)16-24-10-12-27-13-11-24/h5-8,17H,4,9-16H2,1-3H3,(H2,21,22,23). The molecule has 1 aliphatic rings. The Kier molecular flexibility index (Phi) is 9.21. The third-order valence-corrected chi connectivity index (χ3v) is 5.58. The minimum absolute atomic E-state index is 0.0309. The lowest BCUT2D eigenvalue weighted by Gasteiger charge is -2.26. The number of guanidine groups is 1. The van der Waals surface area contributed by atoms with Gasteiger partial charge in [-0.1, -0.05) is 24.3 Å². The highest BCUT2D eigenvalue weighted by molar-refractivity contribution is 7.90. The van der Waals surface area contributed by atoms with Crippen LogP contribution in [0.25, 0.3) is 0 Å². The molecule has 1 saturated heterocycles. The highest BCUT2D eigenvalue weighted by Gasteiger charge is 2.11. The van der Waals surface area contributed by atoms with Crippen molar-refractivity contribution in [1.29, 1.82) is 0 Å². The first-order chi connectivity index (χ1) is 13.4. The van der Waals surface area contributed by atoms with E-state index in [1.165, 1.54) is 11.8 Å². The maximum Gasteiger partial charge on any atom is 0.191 e. The highest BCUT2D eigenvalue weighted by atomic mass is 32.2. The number of morpholine rings is 1. The van der Waals surface area contributed by atoms with Gasteiger partial charge in [0.05, 0.1) is 25.5 Å². The monoisotopic (exact) mass is 410 g/mol. The van der Waals surface area contributed by atoms with E-state index in [2.05, 4.69) is 44.8 Å². The van der Waals surface area contributed by atoms with E-state index in [-0.39, 0.29) is 11.8 Å². The molecule has 0 aliphatic carbocycles. The Morgan fingerprint density at radius 1 is 1.21 bits per heavy atom. The second kappa shape index (κ2) is 11.4. The van der Waals surface area contributed by atoms with Crippen LogP contribution in [0.2, 0.25) is 0 Å². The van der Waals surface area contributed by atoms with E-state index in [1.54, 1.807) is 0 Å². The maximum absolute atomic E-state index is 11.3. The van der Waals surface area contributed by atoms with Crippen molar-refractivity contribution < 1.29 is 13.2 Å². The first-order valence-electron chi connectivity index (χ1n) is 9.96. The van der Waals surface area contributed by atoms with Gasteiger partial charge in [-0.05, 0) is 31.4 Å². The molecule has 0 amide bonds. The molecule has 1 atom stereocenters. The fourth-order valence-corrected chi connectivity index (χ4v) is 3.74. The number of benzene rings is 1. The van der Waals surface area contributed by atoms with Crippen LogP contribution in [0.5, 0.6) is 0 Å². The quantitative estimate of drug-likeness (QED) is 0.473. The molecular weight excluding hydrogens is 376 g/mol. The van der Waals surface area contributed by atoms with Gasteiger partial charge < -0.3 is 15.4 Å². The van der Waals surface area contributed by atoms with Gasteiger partial charge in [-0.2, -0.15) is 0 Å². The summed E-state index contributed by atoms with van der Waals surface area (Å²) in [6.07, 6.45) is 1.82. The third kappa shape index (κ3) is 9.03. The highest BCUT2D eigenvalue weighted by Crippen LogP contribution is 2.10. The van der Waals surface area contributed by atoms with Gasteiger partial charge in [-0.3, -0.25) is 4.90 Å². The summed E-state index contributed by atoms with van der Waals surface area (Å²) in [6.45, 7) is 9.87. The fraction of sp³-hybridized carbons (Fsp3) is 0.650. The number of nitrogens with one attached hydrogen (secondary N) is 2. The van der Waals surface area contributed by atoms with Crippen molar-refractivity contribution in [2.75, 3.05) is 44.9 Å². The van der Waals surface area contributed by atoms with Crippen molar-refractivity contribution in [1.82, 2.24) is 15.5 Å². The SMILES string of the molecule is CCNC(=NCc1ccc(CN2CCOCC2)cc1)NC(C)CCS(C)(=O)=O. The van der Waals surface area contributed by atoms with E-state index in [0.717, 1.165) is 45.0 Å². The molecule has 0 saturated carbocycles. The van der Waals surface area contributed by atoms with Gasteiger partial charge >= 0.3 is 0 Å². The largest absolute Gasteiger partial charge is 0.379 e. The number of rotatable bonds is 9. The molecule has 1 heterocycles. The van der Waals surface area contributed by atoms with Crippen molar-refractivity contribution >= 4 is 15.8 Å². The summed E-state index contributed by atoms with van der Waals surface area (Å²) < 4.78 is 28.0. The van der Waals surface area contributed by atoms with E-state index in [1.807, 2.05) is 13.8 Å². The Bertz CT molecular complexity index is 713. The van der Waals surface area contributed by atoms with E-state index < -0.39 is 9.84 Å². The predicted molar refractivity (Wildman–Crippen MR) is 114 cm³/mol. The normalized spacial score (nSPS) is 17.3. The minimum atomic E-state index is -2.95. The average molecular weight is 411 g/mol. The number of sulfone groups is 1. The van der Waals surface area contributed by atoms with E-state index in [9.17, 15) is 8.42 Å². The van der Waals surface area contributed by atoms with Crippen LogP contribution in [0.4, 0.5) is 0 Å². The molecule has 0 bridgehead atoms. The fourth-order valence-electron chi connectivity index (χ4n) is 2.95. The lowest BCUT2D eigenvalue weighted by Crippen LogP contribution is -2.42. The van der Waals surface area contributed by atoms with Crippen LogP contribution in [-0.2, 0) is 27.7 Å². The first kappa shape index (κ1) is 22.6. The summed E-state index contributed by atoms with van der Waals surface area (Å²) in [5.74, 6) is 0.881. The van der Waals surface area contributed by atoms with Gasteiger partial charge in [-0.25, -0.2) is 13.4 Å². The van der Waals surface area contributed by atoms with E-state index in [0.29, 0.717) is 18.9 Å². The molecule has 1 aromatic rings. The minimum Gasteiger partial charge on any atom is -0.379 e. The predicted octanol–water partition coefficient (Wildman–Crippen LogP) is 1.40. The van der Waals surface area contributed by atoms with Crippen LogP contribution in [0.1, 0.15) is 31.4 Å². The number of ether oxygens (including phenoxy) is 1. The molecule has 0 spiro atoms. The van der Waals surface area contributed by atoms with Gasteiger partial charge in [-0.15, -0.1) is 0 Å². The number of nitrogens with zero attached hydrogens (tertiary/aromatic N) is 2. The Balaban J connectivity index is 1.86. The van der Waals surface area contributed by atoms with Crippen LogP contribution in [0, 0.1) is 0 Å². The average Bonchev–Trinajstić information content (AvgIpc) is 2.66. The maximum atomic E-state index is 11.3. The molecule has 0 radical (unpaired) electrons. The third-order valence-electron chi connectivity index (χ3n) is 4.60. The van der Waals surface area contributed by atoms with Crippen molar-refractivity contribution in [3.63, 3.8) is 0 Å². The molecule has 1 fully saturated rings. The first-order valence-corrected chi connectivity index (χ1v) is 12.0. The van der Waals surface area contributed by atoms with Crippen LogP contribution >= 0.6 is 0 Å². The molecule has 1 unspecified atom stereocenters. The number of hydrogen-bond acceptors (Lipinski definition) is 5. The zero-order chi connectivity index (χ0) is 20.4. The number of aliphatic imine (C=N–C) groups is 1. The smallest absolute Gasteiger partial charge is 0.191 e. The van der Waals surface area contributed by atoms with Crippen molar-refractivity contribution in [2.24, 2.45) is 4.99 Å². The lowest BCUT2D eigenvalue weighted by molar-refractivity contribution is 0.0342. The topological polar surface area (TPSA) is 83.0 Å². The molecule has 2 N–H and O–H groups in total. The molecule has 28 heavy (non-hydrogen) atoms. The van der Waals surface area contributed by atoms with E-state index in [4.69, 9.17) is 4.74 Å². The van der Waals surface area contributed by atoms with Gasteiger partial charge in [0.15, 0.2) is 5.96 Å². The second-order valence-corrected chi connectivity index (χ2v) is 9.62. The Morgan fingerprint density at radius 2 is 1.86 bits per heavy atom. The Morgan fingerprint density at radius 3 is 2.46 bits per heavy atom. The van der Waals surface area contributed by atoms with Crippen LogP contribution < -0.4 is 10.6 Å². The molecule has 0 aromatic heterocycles. The summed E-state index contributed by atoms with van der Waals surface area (Å²) >= 11 is 0. The van der Waals surface area contributed by atoms with Crippen LogP contribution in [0.15, 0.2) is 29.3 Å². The lowest BCUT2D eigenvalue weighted by atomic mass is 10.1. The molecule has 7 nitrogen and oxygen atoms in total. The molecule has 1 aliphatic heterocycles. The summed E-state index contributed by atoms with van der Waals surface area (Å²) in [7, 11) is -2.95. The zero-order valence-electron chi connectivity index (χ0n) is 17.3. The molecule has 158 valence electrons. The van der Waals surface area contributed by atoms with E-state index >= 15 is 0 Å². The molecule has 2 rings (SSSR count). The summed E-state index contributed by atoms with van der Waals surface area (Å²) in [6, 6.07) is 8.60. The summed E-state index contributed by atoms with van der Waals surface area (Å²) in [4.78, 5) is 7.04. The van der Waals surface area contributed by atoms with Gasteiger partial charge in [0.2, 0.25) is 0 Å².